The van der Waals surface area contributed by atoms with Crippen molar-refractivity contribution in [3.63, 3.8) is 0 Å². The van der Waals surface area contributed by atoms with Crippen molar-refractivity contribution < 1.29 is 19.1 Å². The molecule has 2 N–H and O–H groups in total. The lowest BCUT2D eigenvalue weighted by Crippen LogP contribution is -2.28. The summed E-state index contributed by atoms with van der Waals surface area (Å²) in [4.78, 5) is 28.1. The van der Waals surface area contributed by atoms with Gasteiger partial charge in [-0.05, 0) is 24.3 Å². The highest BCUT2D eigenvalue weighted by atomic mass is 32.1. The monoisotopic (exact) mass is 349 g/mol. The van der Waals surface area contributed by atoms with Crippen LogP contribution in [0.25, 0.3) is 0 Å². The maximum Gasteiger partial charge on any atom is 0.257 e. The van der Waals surface area contributed by atoms with Crippen LogP contribution < -0.4 is 15.4 Å². The highest BCUT2D eigenvalue weighted by Gasteiger charge is 2.11. The Hall–Kier alpha value is -2.45. The van der Waals surface area contributed by atoms with Gasteiger partial charge in [0.05, 0.1) is 25.8 Å². The van der Waals surface area contributed by atoms with Gasteiger partial charge in [0.1, 0.15) is 5.75 Å². The topological polar surface area (TPSA) is 89.6 Å². The Morgan fingerprint density at radius 2 is 1.96 bits per heavy atom. The highest BCUT2D eigenvalue weighted by molar-refractivity contribution is 7.14. The van der Waals surface area contributed by atoms with Crippen molar-refractivity contribution in [2.75, 3.05) is 32.7 Å². The van der Waals surface area contributed by atoms with Crippen LogP contribution in [-0.2, 0) is 16.0 Å². The third-order valence-electron chi connectivity index (χ3n) is 3.09. The van der Waals surface area contributed by atoms with Crippen molar-refractivity contribution >= 4 is 28.3 Å². The summed E-state index contributed by atoms with van der Waals surface area (Å²) in [5.41, 5.74) is 1.12. The molecule has 0 aliphatic heterocycles. The van der Waals surface area contributed by atoms with Crippen molar-refractivity contribution in [2.24, 2.45) is 0 Å². The van der Waals surface area contributed by atoms with E-state index in [0.29, 0.717) is 35.3 Å². The molecule has 1 aromatic heterocycles. The first-order valence-electron chi connectivity index (χ1n) is 7.28. The van der Waals surface area contributed by atoms with Gasteiger partial charge in [-0.1, -0.05) is 0 Å². The number of rotatable bonds is 8. The van der Waals surface area contributed by atoms with Gasteiger partial charge >= 0.3 is 0 Å². The predicted molar refractivity (Wildman–Crippen MR) is 91.7 cm³/mol. The number of hydrogen-bond acceptors (Lipinski definition) is 6. The van der Waals surface area contributed by atoms with Crippen LogP contribution in [0.15, 0.2) is 29.6 Å². The molecule has 0 aliphatic rings. The lowest BCUT2D eigenvalue weighted by Gasteiger charge is -2.03. The summed E-state index contributed by atoms with van der Waals surface area (Å²) < 4.78 is 9.92. The van der Waals surface area contributed by atoms with Gasteiger partial charge in [-0.25, -0.2) is 4.98 Å². The summed E-state index contributed by atoms with van der Waals surface area (Å²) in [5, 5.41) is 7.64. The van der Waals surface area contributed by atoms with Gasteiger partial charge < -0.3 is 14.8 Å². The molecule has 8 heteroatoms. The molecule has 1 heterocycles. The van der Waals surface area contributed by atoms with E-state index in [9.17, 15) is 9.59 Å². The van der Waals surface area contributed by atoms with Gasteiger partial charge in [0.25, 0.3) is 5.91 Å². The molecule has 0 atom stereocenters. The zero-order valence-corrected chi connectivity index (χ0v) is 14.3. The Labute approximate surface area is 144 Å². The smallest absolute Gasteiger partial charge is 0.257 e. The van der Waals surface area contributed by atoms with E-state index < -0.39 is 0 Å². The van der Waals surface area contributed by atoms with E-state index in [-0.39, 0.29) is 18.2 Å². The fourth-order valence-electron chi connectivity index (χ4n) is 1.88. The zero-order chi connectivity index (χ0) is 17.4. The van der Waals surface area contributed by atoms with E-state index in [2.05, 4.69) is 15.6 Å². The number of carbonyl (C=O) groups excluding carboxylic acids is 2. The minimum Gasteiger partial charge on any atom is -0.497 e. The van der Waals surface area contributed by atoms with Gasteiger partial charge in [-0.2, -0.15) is 0 Å². The molecule has 0 spiro atoms. The fourth-order valence-corrected chi connectivity index (χ4v) is 2.58. The van der Waals surface area contributed by atoms with Gasteiger partial charge in [-0.3, -0.25) is 14.9 Å². The van der Waals surface area contributed by atoms with Crippen LogP contribution in [0, 0.1) is 0 Å². The number of carbonyl (C=O) groups is 2. The van der Waals surface area contributed by atoms with E-state index in [1.54, 1.807) is 43.9 Å². The van der Waals surface area contributed by atoms with Gasteiger partial charge in [0.15, 0.2) is 5.13 Å². The number of nitrogens with zero attached hydrogens (tertiary/aromatic N) is 1. The lowest BCUT2D eigenvalue weighted by atomic mass is 10.2. The lowest BCUT2D eigenvalue weighted by molar-refractivity contribution is -0.120. The van der Waals surface area contributed by atoms with Gasteiger partial charge in [0.2, 0.25) is 5.91 Å². The minimum absolute atomic E-state index is 0.134. The number of aromatic nitrogens is 1. The molecule has 0 saturated carbocycles. The van der Waals surface area contributed by atoms with E-state index in [1.807, 2.05) is 0 Å². The first-order chi connectivity index (χ1) is 11.6. The molecule has 1 aromatic carbocycles. The number of amides is 2. The average Bonchev–Trinajstić information content (AvgIpc) is 3.02. The Morgan fingerprint density at radius 3 is 2.62 bits per heavy atom. The van der Waals surface area contributed by atoms with Crippen LogP contribution in [0.3, 0.4) is 0 Å². The minimum atomic E-state index is -0.261. The molecule has 0 unspecified atom stereocenters. The van der Waals surface area contributed by atoms with Crippen molar-refractivity contribution in [3.05, 3.63) is 40.9 Å². The summed E-state index contributed by atoms with van der Waals surface area (Å²) >= 11 is 1.28. The summed E-state index contributed by atoms with van der Waals surface area (Å²) in [6.07, 6.45) is 0.165. The molecular weight excluding hydrogens is 330 g/mol. The second-order valence-electron chi connectivity index (χ2n) is 4.85. The summed E-state index contributed by atoms with van der Waals surface area (Å²) in [5.74, 6) is 0.288. The maximum absolute atomic E-state index is 12.1. The van der Waals surface area contributed by atoms with E-state index in [1.165, 1.54) is 11.3 Å². The molecule has 2 aromatic rings. The second kappa shape index (κ2) is 8.99. The van der Waals surface area contributed by atoms with E-state index in [4.69, 9.17) is 9.47 Å². The molecule has 0 fully saturated rings. The number of methoxy groups -OCH3 is 2. The molecule has 0 aliphatic carbocycles. The standard InChI is InChI=1S/C16H19N3O4S/c1-22-8-7-17-14(20)9-12-10-24-16(18-12)19-15(21)11-3-5-13(23-2)6-4-11/h3-6,10H,7-9H2,1-2H3,(H,17,20)(H,18,19,21). The van der Waals surface area contributed by atoms with Gasteiger partial charge in [-0.15, -0.1) is 11.3 Å². The SMILES string of the molecule is COCCNC(=O)Cc1csc(NC(=O)c2ccc(OC)cc2)n1. The number of ether oxygens (including phenoxy) is 2. The average molecular weight is 349 g/mol. The van der Waals surface area contributed by atoms with Crippen molar-refractivity contribution in [1.29, 1.82) is 0 Å². The molecule has 7 nitrogen and oxygen atoms in total. The number of thiazole rings is 1. The van der Waals surface area contributed by atoms with E-state index in [0.717, 1.165) is 0 Å². The molecule has 0 bridgehead atoms. The largest absolute Gasteiger partial charge is 0.497 e. The molecule has 128 valence electrons. The molecule has 2 rings (SSSR count). The first-order valence-corrected chi connectivity index (χ1v) is 8.15. The number of hydrogen-bond donors (Lipinski definition) is 2. The summed E-state index contributed by atoms with van der Waals surface area (Å²) in [6, 6.07) is 6.77. The van der Waals surface area contributed by atoms with Crippen LogP contribution >= 0.6 is 11.3 Å². The predicted octanol–water partition coefficient (Wildman–Crippen LogP) is 1.71. The van der Waals surface area contributed by atoms with Crippen LogP contribution in [-0.4, -0.2) is 44.2 Å². The quantitative estimate of drug-likeness (QED) is 0.708. The maximum atomic E-state index is 12.1. The molecule has 0 saturated heterocycles. The first kappa shape index (κ1) is 17.9. The van der Waals surface area contributed by atoms with Crippen LogP contribution in [0.5, 0.6) is 5.75 Å². The number of nitrogens with one attached hydrogen (secondary N) is 2. The molecule has 0 radical (unpaired) electrons. The van der Waals surface area contributed by atoms with Crippen LogP contribution in [0.1, 0.15) is 16.1 Å². The summed E-state index contributed by atoms with van der Waals surface area (Å²) in [6.45, 7) is 0.923. The Bertz CT molecular complexity index is 685. The Kier molecular flexibility index (Phi) is 6.71. The Balaban J connectivity index is 1.88. The molecular formula is C16H19N3O4S. The second-order valence-corrected chi connectivity index (χ2v) is 5.70. The third-order valence-corrected chi connectivity index (χ3v) is 3.90. The van der Waals surface area contributed by atoms with Gasteiger partial charge in [0, 0.05) is 24.6 Å². The van der Waals surface area contributed by atoms with Crippen molar-refractivity contribution in [2.45, 2.75) is 6.42 Å². The zero-order valence-electron chi connectivity index (χ0n) is 13.5. The summed E-state index contributed by atoms with van der Waals surface area (Å²) in [7, 11) is 3.14. The molecule has 24 heavy (non-hydrogen) atoms. The van der Waals surface area contributed by atoms with E-state index >= 15 is 0 Å². The highest BCUT2D eigenvalue weighted by Crippen LogP contribution is 2.18. The van der Waals surface area contributed by atoms with Crippen molar-refractivity contribution in [1.82, 2.24) is 10.3 Å². The van der Waals surface area contributed by atoms with Crippen molar-refractivity contribution in [3.8, 4) is 5.75 Å². The molecule has 2 amide bonds. The van der Waals surface area contributed by atoms with Crippen LogP contribution in [0.4, 0.5) is 5.13 Å². The number of anilines is 1. The number of benzene rings is 1. The fraction of sp³-hybridized carbons (Fsp3) is 0.312. The third kappa shape index (κ3) is 5.32. The van der Waals surface area contributed by atoms with Crippen LogP contribution in [0.2, 0.25) is 0 Å². The Morgan fingerprint density at radius 1 is 1.21 bits per heavy atom. The normalized spacial score (nSPS) is 10.2.